The molecule has 2 N–H and O–H groups in total. The number of hydrogen-bond acceptors (Lipinski definition) is 3. The highest BCUT2D eigenvalue weighted by Crippen LogP contribution is 2.18. The van der Waals surface area contributed by atoms with Crippen molar-refractivity contribution in [3.8, 4) is 0 Å². The van der Waals surface area contributed by atoms with E-state index in [1.165, 1.54) is 5.56 Å². The van der Waals surface area contributed by atoms with Gasteiger partial charge in [-0.3, -0.25) is 0 Å². The second kappa shape index (κ2) is 3.98. The lowest BCUT2D eigenvalue weighted by Crippen LogP contribution is -2.13. The molecule has 4 heteroatoms. The number of nitrogens with zero attached hydrogens (tertiary/aromatic N) is 3. The minimum absolute atomic E-state index is 0.484. The van der Waals surface area contributed by atoms with E-state index in [4.69, 9.17) is 5.73 Å². The first kappa shape index (κ1) is 10.1. The maximum Gasteiger partial charge on any atom is 0.116 e. The van der Waals surface area contributed by atoms with Gasteiger partial charge in [0.25, 0.3) is 0 Å². The van der Waals surface area contributed by atoms with Crippen LogP contribution in [0.3, 0.4) is 0 Å². The summed E-state index contributed by atoms with van der Waals surface area (Å²) in [5, 5.41) is 8.20. The number of rotatable bonds is 3. The second-order valence-electron chi connectivity index (χ2n) is 4.04. The first-order chi connectivity index (χ1) is 7.22. The van der Waals surface area contributed by atoms with Gasteiger partial charge in [0.15, 0.2) is 0 Å². The molecular formula is C11H16N4. The van der Waals surface area contributed by atoms with Crippen molar-refractivity contribution in [3.63, 3.8) is 0 Å². The predicted octanol–water partition coefficient (Wildman–Crippen LogP) is 1.11. The van der Waals surface area contributed by atoms with Crippen LogP contribution in [-0.4, -0.2) is 21.5 Å². The van der Waals surface area contributed by atoms with Crippen molar-refractivity contribution in [2.45, 2.75) is 13.3 Å². The molecule has 0 aliphatic heterocycles. The van der Waals surface area contributed by atoms with Crippen LogP contribution in [0.4, 0.5) is 0 Å². The van der Waals surface area contributed by atoms with E-state index >= 15 is 0 Å². The quantitative estimate of drug-likeness (QED) is 0.814. The van der Waals surface area contributed by atoms with Gasteiger partial charge in [-0.2, -0.15) is 0 Å². The fraction of sp³-hybridized carbons (Fsp3) is 0.455. The number of aromatic nitrogens is 3. The Morgan fingerprint density at radius 2 is 2.27 bits per heavy atom. The van der Waals surface area contributed by atoms with Crippen LogP contribution >= 0.6 is 0 Å². The number of benzene rings is 1. The Balaban J connectivity index is 2.43. The van der Waals surface area contributed by atoms with E-state index in [0.717, 1.165) is 17.5 Å². The van der Waals surface area contributed by atoms with Crippen LogP contribution in [0.15, 0.2) is 18.2 Å². The Morgan fingerprint density at radius 1 is 1.47 bits per heavy atom. The molecule has 80 valence electrons. The summed E-state index contributed by atoms with van der Waals surface area (Å²) in [5.74, 6) is 0.484. The molecular weight excluding hydrogens is 188 g/mol. The monoisotopic (exact) mass is 204 g/mol. The molecule has 0 radical (unpaired) electrons. The summed E-state index contributed by atoms with van der Waals surface area (Å²) in [4.78, 5) is 0. The first-order valence-corrected chi connectivity index (χ1v) is 5.19. The fourth-order valence-corrected chi connectivity index (χ4v) is 1.74. The zero-order chi connectivity index (χ0) is 10.8. The Morgan fingerprint density at radius 3 is 3.00 bits per heavy atom. The maximum absolute atomic E-state index is 5.63. The van der Waals surface area contributed by atoms with Gasteiger partial charge in [-0.15, -0.1) is 5.10 Å². The van der Waals surface area contributed by atoms with Crippen molar-refractivity contribution in [1.29, 1.82) is 0 Å². The van der Waals surface area contributed by atoms with E-state index in [2.05, 4.69) is 23.3 Å². The largest absolute Gasteiger partial charge is 0.330 e. The molecule has 0 bridgehead atoms. The van der Waals surface area contributed by atoms with E-state index in [1.807, 2.05) is 19.2 Å². The first-order valence-electron chi connectivity index (χ1n) is 5.19. The topological polar surface area (TPSA) is 56.7 Å². The minimum atomic E-state index is 0.484. The third-order valence-electron chi connectivity index (χ3n) is 2.70. The van der Waals surface area contributed by atoms with E-state index in [1.54, 1.807) is 4.68 Å². The van der Waals surface area contributed by atoms with Gasteiger partial charge in [-0.05, 0) is 30.5 Å². The third kappa shape index (κ3) is 1.85. The second-order valence-corrected chi connectivity index (χ2v) is 4.04. The highest BCUT2D eigenvalue weighted by Gasteiger charge is 2.09. The Kier molecular flexibility index (Phi) is 2.68. The standard InChI is InChI=1S/C11H16N4/c1-8(7-12)6-9-4-3-5-10-11(9)13-14-15(10)2/h3-5,8H,6-7,12H2,1-2H3. The van der Waals surface area contributed by atoms with Crippen LogP contribution in [0.5, 0.6) is 0 Å². The molecule has 1 aromatic heterocycles. The summed E-state index contributed by atoms with van der Waals surface area (Å²) >= 11 is 0. The molecule has 1 atom stereocenters. The lowest BCUT2D eigenvalue weighted by atomic mass is 10.0. The van der Waals surface area contributed by atoms with Crippen LogP contribution in [0, 0.1) is 5.92 Å². The van der Waals surface area contributed by atoms with Gasteiger partial charge in [0.1, 0.15) is 5.52 Å². The summed E-state index contributed by atoms with van der Waals surface area (Å²) in [6.07, 6.45) is 0.965. The molecule has 2 aromatic rings. The molecule has 1 aromatic carbocycles. The van der Waals surface area contributed by atoms with Crippen molar-refractivity contribution in [2.24, 2.45) is 18.7 Å². The molecule has 0 amide bonds. The van der Waals surface area contributed by atoms with Gasteiger partial charge in [0.2, 0.25) is 0 Å². The van der Waals surface area contributed by atoms with Gasteiger partial charge in [-0.1, -0.05) is 24.3 Å². The van der Waals surface area contributed by atoms with E-state index in [0.29, 0.717) is 12.5 Å². The average molecular weight is 204 g/mol. The summed E-state index contributed by atoms with van der Waals surface area (Å²) in [5.41, 5.74) is 8.94. The summed E-state index contributed by atoms with van der Waals surface area (Å²) in [7, 11) is 1.91. The minimum Gasteiger partial charge on any atom is -0.330 e. The van der Waals surface area contributed by atoms with Crippen molar-refractivity contribution >= 4 is 11.0 Å². The van der Waals surface area contributed by atoms with Gasteiger partial charge >= 0.3 is 0 Å². The Labute approximate surface area is 89.1 Å². The molecule has 1 heterocycles. The highest BCUT2D eigenvalue weighted by molar-refractivity contribution is 5.77. The number of nitrogens with two attached hydrogens (primary N) is 1. The van der Waals surface area contributed by atoms with E-state index in [9.17, 15) is 0 Å². The Bertz CT molecular complexity index is 461. The lowest BCUT2D eigenvalue weighted by Gasteiger charge is -2.08. The Hall–Kier alpha value is -1.42. The molecule has 0 saturated carbocycles. The lowest BCUT2D eigenvalue weighted by molar-refractivity contribution is 0.594. The van der Waals surface area contributed by atoms with Gasteiger partial charge in [0, 0.05) is 7.05 Å². The fourth-order valence-electron chi connectivity index (χ4n) is 1.74. The molecule has 0 saturated heterocycles. The zero-order valence-corrected chi connectivity index (χ0v) is 9.14. The summed E-state index contributed by atoms with van der Waals surface area (Å²) in [6, 6.07) is 6.18. The van der Waals surface area contributed by atoms with Crippen LogP contribution in [-0.2, 0) is 13.5 Å². The molecule has 0 aliphatic carbocycles. The number of fused-ring (bicyclic) bond motifs is 1. The smallest absolute Gasteiger partial charge is 0.116 e. The molecule has 0 aliphatic rings. The van der Waals surface area contributed by atoms with Crippen LogP contribution in [0.1, 0.15) is 12.5 Å². The molecule has 2 rings (SSSR count). The normalized spacial score (nSPS) is 13.3. The van der Waals surface area contributed by atoms with Gasteiger partial charge < -0.3 is 5.73 Å². The molecule has 15 heavy (non-hydrogen) atoms. The SMILES string of the molecule is CC(CN)Cc1cccc2c1nnn2C. The third-order valence-corrected chi connectivity index (χ3v) is 2.70. The summed E-state index contributed by atoms with van der Waals surface area (Å²) < 4.78 is 1.80. The predicted molar refractivity (Wildman–Crippen MR) is 60.4 cm³/mol. The number of hydrogen-bond donors (Lipinski definition) is 1. The molecule has 4 nitrogen and oxygen atoms in total. The van der Waals surface area contributed by atoms with Gasteiger partial charge in [0.05, 0.1) is 5.52 Å². The highest BCUT2D eigenvalue weighted by atomic mass is 15.4. The summed E-state index contributed by atoms with van der Waals surface area (Å²) in [6.45, 7) is 2.85. The van der Waals surface area contributed by atoms with E-state index < -0.39 is 0 Å². The average Bonchev–Trinajstić information content (AvgIpc) is 2.62. The van der Waals surface area contributed by atoms with Crippen molar-refractivity contribution in [2.75, 3.05) is 6.54 Å². The maximum atomic E-state index is 5.63. The molecule has 1 unspecified atom stereocenters. The number of aryl methyl sites for hydroxylation is 1. The van der Waals surface area contributed by atoms with Crippen LogP contribution in [0.25, 0.3) is 11.0 Å². The van der Waals surface area contributed by atoms with Crippen molar-refractivity contribution in [3.05, 3.63) is 23.8 Å². The van der Waals surface area contributed by atoms with E-state index in [-0.39, 0.29) is 0 Å². The van der Waals surface area contributed by atoms with Crippen LogP contribution in [0.2, 0.25) is 0 Å². The molecule has 0 fully saturated rings. The molecule has 0 spiro atoms. The van der Waals surface area contributed by atoms with Gasteiger partial charge in [-0.25, -0.2) is 4.68 Å². The van der Waals surface area contributed by atoms with Crippen molar-refractivity contribution in [1.82, 2.24) is 15.0 Å². The van der Waals surface area contributed by atoms with Crippen molar-refractivity contribution < 1.29 is 0 Å². The zero-order valence-electron chi connectivity index (χ0n) is 9.14. The van der Waals surface area contributed by atoms with Crippen LogP contribution < -0.4 is 5.73 Å².